The Balaban J connectivity index is 2.34. The van der Waals surface area contributed by atoms with E-state index < -0.39 is 15.8 Å². The van der Waals surface area contributed by atoms with Crippen molar-refractivity contribution in [1.82, 2.24) is 4.31 Å². The number of benzene rings is 1. The summed E-state index contributed by atoms with van der Waals surface area (Å²) < 4.78 is 40.7. The molecule has 4 nitrogen and oxygen atoms in total. The molecule has 1 atom stereocenters. The Bertz CT molecular complexity index is 650. The molecular formula is C15H23FN2O2S. The summed E-state index contributed by atoms with van der Waals surface area (Å²) in [6, 6.07) is 2.41. The van der Waals surface area contributed by atoms with Crippen LogP contribution in [0, 0.1) is 24.1 Å². The molecule has 0 spiro atoms. The maximum atomic E-state index is 14.0. The third-order valence-electron chi connectivity index (χ3n) is 4.31. The van der Waals surface area contributed by atoms with Gasteiger partial charge in [0.05, 0.1) is 0 Å². The monoisotopic (exact) mass is 314 g/mol. The van der Waals surface area contributed by atoms with Crippen molar-refractivity contribution in [2.75, 3.05) is 18.8 Å². The van der Waals surface area contributed by atoms with E-state index in [1.54, 1.807) is 6.92 Å². The summed E-state index contributed by atoms with van der Waals surface area (Å²) >= 11 is 0. The van der Waals surface area contributed by atoms with Crippen LogP contribution >= 0.6 is 0 Å². The minimum atomic E-state index is -3.82. The minimum Gasteiger partial charge on any atom is -0.398 e. The van der Waals surface area contributed by atoms with E-state index in [1.165, 1.54) is 16.4 Å². The first-order valence-corrected chi connectivity index (χ1v) is 8.53. The summed E-state index contributed by atoms with van der Waals surface area (Å²) in [6.07, 6.45) is 0.797. The summed E-state index contributed by atoms with van der Waals surface area (Å²) in [5.41, 5.74) is 6.60. The van der Waals surface area contributed by atoms with Crippen LogP contribution in [-0.2, 0) is 10.0 Å². The van der Waals surface area contributed by atoms with Crippen LogP contribution in [0.15, 0.2) is 17.0 Å². The van der Waals surface area contributed by atoms with Crippen molar-refractivity contribution >= 4 is 15.7 Å². The van der Waals surface area contributed by atoms with Gasteiger partial charge in [-0.1, -0.05) is 20.8 Å². The van der Waals surface area contributed by atoms with E-state index in [1.807, 2.05) is 0 Å². The molecule has 0 aliphatic carbocycles. The van der Waals surface area contributed by atoms with E-state index >= 15 is 0 Å². The lowest BCUT2D eigenvalue weighted by Gasteiger charge is -2.27. The number of sulfonamides is 1. The molecule has 1 aliphatic rings. The van der Waals surface area contributed by atoms with Gasteiger partial charge >= 0.3 is 0 Å². The highest BCUT2D eigenvalue weighted by Crippen LogP contribution is 2.36. The molecular weight excluding hydrogens is 291 g/mol. The molecule has 0 aromatic heterocycles. The topological polar surface area (TPSA) is 63.4 Å². The molecule has 1 saturated heterocycles. The number of hydrogen-bond acceptors (Lipinski definition) is 3. The summed E-state index contributed by atoms with van der Waals surface area (Å²) in [6.45, 7) is 8.80. The second-order valence-corrected chi connectivity index (χ2v) is 8.76. The predicted octanol–water partition coefficient (Wildman–Crippen LogP) is 2.77. The molecule has 118 valence electrons. The Morgan fingerprint density at radius 1 is 1.33 bits per heavy atom. The Labute approximate surface area is 126 Å². The smallest absolute Gasteiger partial charge is 0.246 e. The Morgan fingerprint density at radius 2 is 1.95 bits per heavy atom. The van der Waals surface area contributed by atoms with E-state index in [4.69, 9.17) is 5.73 Å². The van der Waals surface area contributed by atoms with Gasteiger partial charge in [-0.05, 0) is 42.4 Å². The molecule has 1 aromatic rings. The van der Waals surface area contributed by atoms with Gasteiger partial charge in [-0.3, -0.25) is 0 Å². The highest BCUT2D eigenvalue weighted by molar-refractivity contribution is 7.89. The van der Waals surface area contributed by atoms with E-state index in [0.29, 0.717) is 24.3 Å². The SMILES string of the molecule is Cc1cc(F)c(S(=O)(=O)N2CCC(C(C)(C)C)C2)cc1N. The van der Waals surface area contributed by atoms with E-state index in [0.717, 1.165) is 6.42 Å². The standard InChI is InChI=1S/C15H23FN2O2S/c1-10-7-12(16)14(8-13(10)17)21(19,20)18-6-5-11(9-18)15(2,3)4/h7-8,11H,5-6,9,17H2,1-4H3. The molecule has 1 fully saturated rings. The maximum absolute atomic E-state index is 14.0. The Kier molecular flexibility index (Phi) is 4.06. The lowest BCUT2D eigenvalue weighted by Crippen LogP contribution is -2.31. The lowest BCUT2D eigenvalue weighted by atomic mass is 9.80. The quantitative estimate of drug-likeness (QED) is 0.854. The molecule has 1 heterocycles. The van der Waals surface area contributed by atoms with Crippen LogP contribution in [-0.4, -0.2) is 25.8 Å². The highest BCUT2D eigenvalue weighted by Gasteiger charge is 2.38. The fourth-order valence-corrected chi connectivity index (χ4v) is 4.24. The van der Waals surface area contributed by atoms with Crippen molar-refractivity contribution in [3.05, 3.63) is 23.5 Å². The van der Waals surface area contributed by atoms with Gasteiger partial charge in [-0.25, -0.2) is 12.8 Å². The largest absolute Gasteiger partial charge is 0.398 e. The fourth-order valence-electron chi connectivity index (χ4n) is 2.66. The molecule has 1 aromatic carbocycles. The van der Waals surface area contributed by atoms with Gasteiger partial charge in [0.2, 0.25) is 10.0 Å². The number of aryl methyl sites for hydroxylation is 1. The number of nitrogens with two attached hydrogens (primary N) is 1. The summed E-state index contributed by atoms with van der Waals surface area (Å²) in [7, 11) is -3.82. The lowest BCUT2D eigenvalue weighted by molar-refractivity contribution is 0.252. The third-order valence-corrected chi connectivity index (χ3v) is 6.19. The van der Waals surface area contributed by atoms with Crippen molar-refractivity contribution in [1.29, 1.82) is 0 Å². The summed E-state index contributed by atoms with van der Waals surface area (Å²) in [5, 5.41) is 0. The first-order chi connectivity index (χ1) is 9.53. The van der Waals surface area contributed by atoms with Crippen molar-refractivity contribution in [2.24, 2.45) is 11.3 Å². The van der Waals surface area contributed by atoms with Crippen molar-refractivity contribution < 1.29 is 12.8 Å². The third kappa shape index (κ3) is 3.06. The first kappa shape index (κ1) is 16.2. The fraction of sp³-hybridized carbons (Fsp3) is 0.600. The second-order valence-electron chi connectivity index (χ2n) is 6.85. The molecule has 1 aliphatic heterocycles. The van der Waals surface area contributed by atoms with Crippen LogP contribution < -0.4 is 5.73 Å². The van der Waals surface area contributed by atoms with Crippen LogP contribution in [0.1, 0.15) is 32.8 Å². The van der Waals surface area contributed by atoms with Gasteiger partial charge in [0.1, 0.15) is 10.7 Å². The molecule has 2 rings (SSSR count). The maximum Gasteiger partial charge on any atom is 0.246 e. The minimum absolute atomic E-state index is 0.0368. The van der Waals surface area contributed by atoms with Gasteiger partial charge in [0.15, 0.2) is 0 Å². The average Bonchev–Trinajstić information content (AvgIpc) is 2.83. The van der Waals surface area contributed by atoms with Crippen LogP contribution in [0.5, 0.6) is 0 Å². The number of nitrogen functional groups attached to an aromatic ring is 1. The van der Waals surface area contributed by atoms with Gasteiger partial charge in [-0.2, -0.15) is 4.31 Å². The molecule has 0 saturated carbocycles. The average molecular weight is 314 g/mol. The molecule has 0 amide bonds. The van der Waals surface area contributed by atoms with Crippen LogP contribution in [0.25, 0.3) is 0 Å². The molecule has 1 unspecified atom stereocenters. The molecule has 21 heavy (non-hydrogen) atoms. The van der Waals surface area contributed by atoms with Gasteiger partial charge in [0, 0.05) is 18.8 Å². The zero-order valence-corrected chi connectivity index (χ0v) is 13.8. The number of hydrogen-bond donors (Lipinski definition) is 1. The normalized spacial score (nSPS) is 20.9. The van der Waals surface area contributed by atoms with E-state index in [2.05, 4.69) is 20.8 Å². The van der Waals surface area contributed by atoms with Crippen LogP contribution in [0.2, 0.25) is 0 Å². The second kappa shape index (κ2) is 5.25. The van der Waals surface area contributed by atoms with E-state index in [-0.39, 0.29) is 16.2 Å². The Hall–Kier alpha value is -1.14. The molecule has 2 N–H and O–H groups in total. The van der Waals surface area contributed by atoms with Crippen LogP contribution in [0.4, 0.5) is 10.1 Å². The van der Waals surface area contributed by atoms with Gasteiger partial charge < -0.3 is 5.73 Å². The van der Waals surface area contributed by atoms with Crippen molar-refractivity contribution in [3.8, 4) is 0 Å². The molecule has 0 bridgehead atoms. The highest BCUT2D eigenvalue weighted by atomic mass is 32.2. The number of rotatable bonds is 2. The van der Waals surface area contributed by atoms with E-state index in [9.17, 15) is 12.8 Å². The number of anilines is 1. The Morgan fingerprint density at radius 3 is 2.48 bits per heavy atom. The predicted molar refractivity (Wildman–Crippen MR) is 81.9 cm³/mol. The zero-order valence-electron chi connectivity index (χ0n) is 13.0. The van der Waals surface area contributed by atoms with Crippen molar-refractivity contribution in [2.45, 2.75) is 39.0 Å². The summed E-state index contributed by atoms with van der Waals surface area (Å²) in [5.74, 6) is -0.459. The molecule has 0 radical (unpaired) electrons. The first-order valence-electron chi connectivity index (χ1n) is 7.09. The zero-order chi connectivity index (χ0) is 16.0. The number of nitrogens with zero attached hydrogens (tertiary/aromatic N) is 1. The van der Waals surface area contributed by atoms with Crippen LogP contribution in [0.3, 0.4) is 0 Å². The summed E-state index contributed by atoms with van der Waals surface area (Å²) in [4.78, 5) is -0.319. The van der Waals surface area contributed by atoms with Gasteiger partial charge in [-0.15, -0.1) is 0 Å². The molecule has 6 heteroatoms. The van der Waals surface area contributed by atoms with Crippen molar-refractivity contribution in [3.63, 3.8) is 0 Å². The van der Waals surface area contributed by atoms with Gasteiger partial charge in [0.25, 0.3) is 0 Å². The number of halogens is 1.